The Balaban J connectivity index is 1.65. The van der Waals surface area contributed by atoms with Crippen molar-refractivity contribution in [1.29, 1.82) is 0 Å². The molecule has 6 nitrogen and oxygen atoms in total. The molecule has 134 valence electrons. The molecule has 0 saturated carbocycles. The van der Waals surface area contributed by atoms with E-state index in [1.165, 1.54) is 0 Å². The quantitative estimate of drug-likeness (QED) is 0.718. The van der Waals surface area contributed by atoms with Gasteiger partial charge in [-0.2, -0.15) is 0 Å². The summed E-state index contributed by atoms with van der Waals surface area (Å²) in [5.41, 5.74) is 10.0. The minimum absolute atomic E-state index is 0.0667. The summed E-state index contributed by atoms with van der Waals surface area (Å²) in [6.07, 6.45) is 0.321. The molecular formula is C19H19BrN4O2. The number of nitrogens with one attached hydrogen (secondary N) is 3. The molecule has 7 heteroatoms. The van der Waals surface area contributed by atoms with Crippen molar-refractivity contribution in [3.63, 3.8) is 0 Å². The maximum absolute atomic E-state index is 12.3. The zero-order chi connectivity index (χ0) is 18.7. The van der Waals surface area contributed by atoms with Gasteiger partial charge in [0, 0.05) is 15.7 Å². The zero-order valence-electron chi connectivity index (χ0n) is 14.5. The van der Waals surface area contributed by atoms with Gasteiger partial charge in [0.1, 0.15) is 12.4 Å². The molecular weight excluding hydrogens is 396 g/mol. The number of benzene rings is 2. The van der Waals surface area contributed by atoms with E-state index >= 15 is 0 Å². The van der Waals surface area contributed by atoms with E-state index in [4.69, 9.17) is 0 Å². The minimum atomic E-state index is -0.170. The fourth-order valence-electron chi connectivity index (χ4n) is 2.64. The molecule has 3 rings (SSSR count). The zero-order valence-corrected chi connectivity index (χ0v) is 16.1. The first-order valence-corrected chi connectivity index (χ1v) is 8.97. The van der Waals surface area contributed by atoms with E-state index in [1.54, 1.807) is 0 Å². The number of hydrazine groups is 1. The molecule has 0 aromatic heterocycles. The van der Waals surface area contributed by atoms with E-state index in [-0.39, 0.29) is 18.4 Å². The van der Waals surface area contributed by atoms with Gasteiger partial charge in [-0.3, -0.25) is 25.4 Å². The van der Waals surface area contributed by atoms with Gasteiger partial charge in [0.2, 0.25) is 5.91 Å². The second-order valence-corrected chi connectivity index (χ2v) is 7.02. The fourth-order valence-corrected chi connectivity index (χ4v) is 3.10. The molecule has 26 heavy (non-hydrogen) atoms. The monoisotopic (exact) mass is 414 g/mol. The molecule has 0 saturated heterocycles. The predicted octanol–water partition coefficient (Wildman–Crippen LogP) is 2.63. The summed E-state index contributed by atoms with van der Waals surface area (Å²) < 4.78 is 1.05. The molecule has 0 fully saturated rings. The van der Waals surface area contributed by atoms with Gasteiger partial charge in [-0.1, -0.05) is 22.0 Å². The van der Waals surface area contributed by atoms with Crippen LogP contribution < -0.4 is 16.2 Å². The van der Waals surface area contributed by atoms with Crippen molar-refractivity contribution in [2.45, 2.75) is 20.3 Å². The molecule has 1 heterocycles. The molecule has 2 amide bonds. The van der Waals surface area contributed by atoms with E-state index < -0.39 is 0 Å². The van der Waals surface area contributed by atoms with Gasteiger partial charge in [-0.15, -0.1) is 0 Å². The van der Waals surface area contributed by atoms with Crippen LogP contribution in [-0.4, -0.2) is 24.2 Å². The topological polar surface area (TPSA) is 82.6 Å². The molecule has 0 unspecified atom stereocenters. The standard InChI is InChI=1S/C19H19BrN4O2/c1-11-8-16(20)12(2)7-14(11)9-17(25)22-15-5-3-13(4-6-15)19-21-10-18(26)23-24-19/h3-8H,9-10H2,1-2H3,(H,21,24)(H,22,25)(H,23,26). The van der Waals surface area contributed by atoms with Crippen molar-refractivity contribution >= 4 is 39.3 Å². The number of amidine groups is 1. The molecule has 1 aliphatic rings. The van der Waals surface area contributed by atoms with Crippen LogP contribution in [0.3, 0.4) is 0 Å². The SMILES string of the molecule is Cc1cc(CC(=O)Nc2ccc(C3=NCC(=O)NN3)cc2)c(C)cc1Br. The van der Waals surface area contributed by atoms with Crippen molar-refractivity contribution in [3.05, 3.63) is 63.1 Å². The number of hydrogen-bond acceptors (Lipinski definition) is 4. The van der Waals surface area contributed by atoms with Crippen molar-refractivity contribution in [1.82, 2.24) is 10.9 Å². The first-order chi connectivity index (χ1) is 12.4. The number of amides is 2. The average Bonchev–Trinajstić information content (AvgIpc) is 2.61. The maximum atomic E-state index is 12.3. The van der Waals surface area contributed by atoms with Crippen LogP contribution >= 0.6 is 15.9 Å². The van der Waals surface area contributed by atoms with Crippen molar-refractivity contribution in [2.24, 2.45) is 4.99 Å². The van der Waals surface area contributed by atoms with E-state index in [0.717, 1.165) is 26.7 Å². The van der Waals surface area contributed by atoms with Crippen LogP contribution in [0.15, 0.2) is 45.9 Å². The van der Waals surface area contributed by atoms with Gasteiger partial charge in [0.05, 0.1) is 6.42 Å². The second kappa shape index (κ2) is 7.70. The van der Waals surface area contributed by atoms with Crippen LogP contribution in [0.25, 0.3) is 0 Å². The molecule has 1 aliphatic heterocycles. The van der Waals surface area contributed by atoms with Crippen LogP contribution in [0, 0.1) is 13.8 Å². The smallest absolute Gasteiger partial charge is 0.260 e. The van der Waals surface area contributed by atoms with Gasteiger partial charge in [0.25, 0.3) is 5.91 Å². The number of aryl methyl sites for hydroxylation is 2. The van der Waals surface area contributed by atoms with Crippen molar-refractivity contribution < 1.29 is 9.59 Å². The summed E-state index contributed by atoms with van der Waals surface area (Å²) in [7, 11) is 0. The van der Waals surface area contributed by atoms with Gasteiger partial charge in [0.15, 0.2) is 0 Å². The summed E-state index contributed by atoms with van der Waals surface area (Å²) in [5, 5.41) is 2.91. The molecule has 3 N–H and O–H groups in total. The maximum Gasteiger partial charge on any atom is 0.260 e. The minimum Gasteiger partial charge on any atom is -0.326 e. The lowest BCUT2D eigenvalue weighted by Crippen LogP contribution is -2.47. The van der Waals surface area contributed by atoms with E-state index in [1.807, 2.05) is 50.2 Å². The Kier molecular flexibility index (Phi) is 5.37. The van der Waals surface area contributed by atoms with Gasteiger partial charge in [-0.05, 0) is 60.9 Å². The number of carbonyl (C=O) groups excluding carboxylic acids is 2. The number of carbonyl (C=O) groups is 2. The first kappa shape index (κ1) is 18.1. The number of halogens is 1. The first-order valence-electron chi connectivity index (χ1n) is 8.17. The highest BCUT2D eigenvalue weighted by Gasteiger charge is 2.12. The molecule has 0 aliphatic carbocycles. The third-order valence-corrected chi connectivity index (χ3v) is 4.97. The number of hydrogen-bond donors (Lipinski definition) is 3. The number of aliphatic imine (C=N–C) groups is 1. The van der Waals surface area contributed by atoms with Crippen molar-refractivity contribution in [3.8, 4) is 0 Å². The van der Waals surface area contributed by atoms with Gasteiger partial charge < -0.3 is 5.32 Å². The van der Waals surface area contributed by atoms with Crippen LogP contribution in [0.5, 0.6) is 0 Å². The number of nitrogens with zero attached hydrogens (tertiary/aromatic N) is 1. The summed E-state index contributed by atoms with van der Waals surface area (Å²) >= 11 is 3.50. The highest BCUT2D eigenvalue weighted by Crippen LogP contribution is 2.22. The summed E-state index contributed by atoms with van der Waals surface area (Å²) in [6.45, 7) is 4.11. The highest BCUT2D eigenvalue weighted by atomic mass is 79.9. The van der Waals surface area contributed by atoms with E-state index in [9.17, 15) is 9.59 Å². The lowest BCUT2D eigenvalue weighted by atomic mass is 10.0. The number of rotatable bonds is 4. The largest absolute Gasteiger partial charge is 0.326 e. The Morgan fingerprint density at radius 1 is 1.15 bits per heavy atom. The van der Waals surface area contributed by atoms with E-state index in [2.05, 4.69) is 37.1 Å². The number of anilines is 1. The highest BCUT2D eigenvalue weighted by molar-refractivity contribution is 9.10. The molecule has 0 bridgehead atoms. The second-order valence-electron chi connectivity index (χ2n) is 6.17. The average molecular weight is 415 g/mol. The van der Waals surface area contributed by atoms with Gasteiger partial charge in [-0.25, -0.2) is 0 Å². The summed E-state index contributed by atoms with van der Waals surface area (Å²) in [5.74, 6) is 0.363. The molecule has 2 aromatic rings. The lowest BCUT2D eigenvalue weighted by molar-refractivity contribution is -0.120. The van der Waals surface area contributed by atoms with Crippen LogP contribution in [0.1, 0.15) is 22.3 Å². The third-order valence-electron chi connectivity index (χ3n) is 4.11. The Labute approximate surface area is 160 Å². The fraction of sp³-hybridized carbons (Fsp3) is 0.211. The summed E-state index contributed by atoms with van der Waals surface area (Å²) in [6, 6.07) is 11.4. The predicted molar refractivity (Wildman–Crippen MR) is 105 cm³/mol. The Morgan fingerprint density at radius 3 is 2.54 bits per heavy atom. The molecule has 0 spiro atoms. The van der Waals surface area contributed by atoms with Crippen LogP contribution in [0.4, 0.5) is 5.69 Å². The molecule has 0 radical (unpaired) electrons. The summed E-state index contributed by atoms with van der Waals surface area (Å²) in [4.78, 5) is 27.6. The Hall–Kier alpha value is -2.67. The van der Waals surface area contributed by atoms with Crippen molar-refractivity contribution in [2.75, 3.05) is 11.9 Å². The van der Waals surface area contributed by atoms with Gasteiger partial charge >= 0.3 is 0 Å². The Bertz CT molecular complexity index is 891. The van der Waals surface area contributed by atoms with E-state index in [0.29, 0.717) is 17.9 Å². The van der Waals surface area contributed by atoms with Crippen LogP contribution in [0.2, 0.25) is 0 Å². The Morgan fingerprint density at radius 2 is 1.88 bits per heavy atom. The molecule has 2 aromatic carbocycles. The van der Waals surface area contributed by atoms with Crippen LogP contribution in [-0.2, 0) is 16.0 Å². The molecule has 0 atom stereocenters. The lowest BCUT2D eigenvalue weighted by Gasteiger charge is -2.16. The third kappa shape index (κ3) is 4.29. The normalized spacial score (nSPS) is 13.5.